The molecule has 0 fully saturated rings. The van der Waals surface area contributed by atoms with Gasteiger partial charge in [-0.3, -0.25) is 4.79 Å². The molecule has 2 aromatic carbocycles. The second-order valence-corrected chi connectivity index (χ2v) is 6.98. The van der Waals surface area contributed by atoms with Gasteiger partial charge in [-0.1, -0.05) is 18.2 Å². The third kappa shape index (κ3) is 2.66. The summed E-state index contributed by atoms with van der Waals surface area (Å²) in [5.74, 6) is 0.943. The Morgan fingerprint density at radius 2 is 2.00 bits per heavy atom. The van der Waals surface area contributed by atoms with Crippen LogP contribution in [-0.2, 0) is 13.5 Å². The highest BCUT2D eigenvalue weighted by Gasteiger charge is 2.23. The number of hydrogen-bond donors (Lipinski definition) is 0. The van der Waals surface area contributed by atoms with Crippen molar-refractivity contribution in [2.45, 2.75) is 19.8 Å². The van der Waals surface area contributed by atoms with E-state index < -0.39 is 0 Å². The Morgan fingerprint density at radius 1 is 1.19 bits per heavy atom. The van der Waals surface area contributed by atoms with Crippen molar-refractivity contribution in [1.82, 2.24) is 4.57 Å². The predicted octanol–water partition coefficient (Wildman–Crippen LogP) is 4.13. The first kappa shape index (κ1) is 16.7. The maximum Gasteiger partial charge on any atom is 0.184 e. The second-order valence-electron chi connectivity index (χ2n) is 6.98. The number of para-hydroxylation sites is 1. The molecule has 26 heavy (non-hydrogen) atoms. The molecule has 0 saturated carbocycles. The van der Waals surface area contributed by atoms with E-state index in [1.165, 1.54) is 11.3 Å². The van der Waals surface area contributed by atoms with E-state index in [2.05, 4.69) is 33.7 Å². The predicted molar refractivity (Wildman–Crippen MR) is 106 cm³/mol. The van der Waals surface area contributed by atoms with Crippen LogP contribution in [0.1, 0.15) is 28.0 Å². The lowest BCUT2D eigenvalue weighted by molar-refractivity contribution is 0.0999. The van der Waals surface area contributed by atoms with E-state index in [-0.39, 0.29) is 5.78 Å². The lowest BCUT2D eigenvalue weighted by Gasteiger charge is -2.30. The average Bonchev–Trinajstić information content (AvgIpc) is 2.92. The van der Waals surface area contributed by atoms with Crippen molar-refractivity contribution in [3.63, 3.8) is 0 Å². The van der Waals surface area contributed by atoms with E-state index in [9.17, 15) is 4.79 Å². The molecule has 0 saturated heterocycles. The molecule has 0 radical (unpaired) electrons. The monoisotopic (exact) mass is 348 g/mol. The zero-order chi connectivity index (χ0) is 18.3. The summed E-state index contributed by atoms with van der Waals surface area (Å²) in [5.41, 5.74) is 5.41. The summed E-state index contributed by atoms with van der Waals surface area (Å²) >= 11 is 0. The molecule has 3 aromatic rings. The number of nitrogens with zero attached hydrogens (tertiary/aromatic N) is 2. The van der Waals surface area contributed by atoms with Crippen LogP contribution in [0, 0.1) is 6.92 Å². The molecule has 0 bridgehead atoms. The van der Waals surface area contributed by atoms with Crippen LogP contribution in [0.3, 0.4) is 0 Å². The molecule has 4 rings (SSSR count). The molecule has 0 spiro atoms. The topological polar surface area (TPSA) is 34.5 Å². The number of carbonyl (C=O) groups excluding carboxylic acids is 1. The summed E-state index contributed by atoms with van der Waals surface area (Å²) in [6.07, 6.45) is 2.18. The Bertz CT molecular complexity index is 987. The van der Waals surface area contributed by atoms with Gasteiger partial charge < -0.3 is 14.2 Å². The van der Waals surface area contributed by atoms with Crippen LogP contribution in [0.5, 0.6) is 5.75 Å². The first-order valence-corrected chi connectivity index (χ1v) is 9.09. The summed E-state index contributed by atoms with van der Waals surface area (Å²) in [6, 6.07) is 14.4. The number of aryl methyl sites for hydroxylation is 2. The molecule has 0 unspecified atom stereocenters. The van der Waals surface area contributed by atoms with Gasteiger partial charge in [0.1, 0.15) is 5.75 Å². The molecular weight excluding hydrogens is 324 g/mol. The van der Waals surface area contributed by atoms with Gasteiger partial charge >= 0.3 is 0 Å². The largest absolute Gasteiger partial charge is 0.497 e. The minimum atomic E-state index is 0.165. The molecular formula is C22H24N2O2. The maximum absolute atomic E-state index is 13.3. The van der Waals surface area contributed by atoms with Gasteiger partial charge in [0, 0.05) is 41.4 Å². The van der Waals surface area contributed by atoms with Crippen LogP contribution in [-0.4, -0.2) is 30.5 Å². The number of Topliss-reactive ketones (excluding diaryl/α,β-unsaturated/α-hetero) is 1. The molecule has 0 atom stereocenters. The molecule has 0 amide bonds. The minimum Gasteiger partial charge on any atom is -0.497 e. The summed E-state index contributed by atoms with van der Waals surface area (Å²) < 4.78 is 7.46. The third-order valence-corrected chi connectivity index (χ3v) is 5.52. The quantitative estimate of drug-likeness (QED) is 0.665. The molecule has 4 heteroatoms. The van der Waals surface area contributed by atoms with Crippen molar-refractivity contribution in [3.8, 4) is 5.75 Å². The number of anilines is 1. The van der Waals surface area contributed by atoms with Crippen LogP contribution >= 0.6 is 0 Å². The molecule has 1 aromatic heterocycles. The van der Waals surface area contributed by atoms with Crippen LogP contribution in [0.4, 0.5) is 5.69 Å². The lowest BCUT2D eigenvalue weighted by Crippen LogP contribution is -2.34. The van der Waals surface area contributed by atoms with E-state index in [0.717, 1.165) is 47.3 Å². The van der Waals surface area contributed by atoms with Gasteiger partial charge in [0.05, 0.1) is 13.7 Å². The van der Waals surface area contributed by atoms with E-state index in [1.807, 2.05) is 32.2 Å². The molecule has 1 aliphatic heterocycles. The maximum atomic E-state index is 13.3. The van der Waals surface area contributed by atoms with Gasteiger partial charge in [0.25, 0.3) is 0 Å². The van der Waals surface area contributed by atoms with Crippen LogP contribution in [0.25, 0.3) is 10.9 Å². The highest BCUT2D eigenvalue weighted by molar-refractivity contribution is 6.11. The SMILES string of the molecule is COc1ccc2c(c1)c(C(=O)CN1CCCc3ccccc31)c(C)n2C. The Labute approximate surface area is 154 Å². The van der Waals surface area contributed by atoms with Gasteiger partial charge in [-0.25, -0.2) is 0 Å². The minimum absolute atomic E-state index is 0.165. The van der Waals surface area contributed by atoms with E-state index in [1.54, 1.807) is 7.11 Å². The molecule has 134 valence electrons. The van der Waals surface area contributed by atoms with Crippen molar-refractivity contribution < 1.29 is 9.53 Å². The first-order valence-electron chi connectivity index (χ1n) is 9.09. The molecule has 2 heterocycles. The zero-order valence-corrected chi connectivity index (χ0v) is 15.6. The number of aromatic nitrogens is 1. The number of ether oxygens (including phenoxy) is 1. The third-order valence-electron chi connectivity index (χ3n) is 5.52. The summed E-state index contributed by atoms with van der Waals surface area (Å²) in [7, 11) is 3.67. The van der Waals surface area contributed by atoms with E-state index >= 15 is 0 Å². The number of hydrogen-bond acceptors (Lipinski definition) is 3. The standard InChI is InChI=1S/C22H24N2O2/c1-15-22(18-13-17(26-3)10-11-20(18)23(15)2)21(25)14-24-12-6-8-16-7-4-5-9-19(16)24/h4-5,7,9-11,13H,6,8,12,14H2,1-3H3. The number of carbonyl (C=O) groups is 1. The number of fused-ring (bicyclic) bond motifs is 2. The second kappa shape index (κ2) is 6.52. The van der Waals surface area contributed by atoms with Crippen molar-refractivity contribution in [2.24, 2.45) is 7.05 Å². The Balaban J connectivity index is 1.72. The molecule has 0 N–H and O–H groups in total. The Hall–Kier alpha value is -2.75. The van der Waals surface area contributed by atoms with Gasteiger partial charge in [-0.2, -0.15) is 0 Å². The first-order chi connectivity index (χ1) is 12.6. The number of benzene rings is 2. The van der Waals surface area contributed by atoms with Crippen molar-refractivity contribution in [2.75, 3.05) is 25.1 Å². The lowest BCUT2D eigenvalue weighted by atomic mass is 10.00. The number of ketones is 1. The van der Waals surface area contributed by atoms with Gasteiger partial charge in [0.15, 0.2) is 5.78 Å². The smallest absolute Gasteiger partial charge is 0.184 e. The fourth-order valence-corrected chi connectivity index (χ4v) is 4.06. The molecule has 0 aliphatic carbocycles. The summed E-state index contributed by atoms with van der Waals surface area (Å²) in [6.45, 7) is 3.36. The molecule has 4 nitrogen and oxygen atoms in total. The zero-order valence-electron chi connectivity index (χ0n) is 15.6. The molecule has 1 aliphatic rings. The van der Waals surface area contributed by atoms with Crippen LogP contribution < -0.4 is 9.64 Å². The van der Waals surface area contributed by atoms with Crippen LogP contribution in [0.15, 0.2) is 42.5 Å². The van der Waals surface area contributed by atoms with E-state index in [4.69, 9.17) is 4.74 Å². The summed E-state index contributed by atoms with van der Waals surface area (Å²) in [4.78, 5) is 15.5. The number of rotatable bonds is 4. The highest BCUT2D eigenvalue weighted by Crippen LogP contribution is 2.31. The van der Waals surface area contributed by atoms with Crippen LogP contribution in [0.2, 0.25) is 0 Å². The average molecular weight is 348 g/mol. The van der Waals surface area contributed by atoms with Gasteiger partial charge in [-0.05, 0) is 49.6 Å². The van der Waals surface area contributed by atoms with Crippen molar-refractivity contribution in [1.29, 1.82) is 0 Å². The van der Waals surface area contributed by atoms with E-state index in [0.29, 0.717) is 6.54 Å². The Kier molecular flexibility index (Phi) is 4.19. The summed E-state index contributed by atoms with van der Waals surface area (Å²) in [5, 5.41) is 0.972. The van der Waals surface area contributed by atoms with Gasteiger partial charge in [-0.15, -0.1) is 0 Å². The Morgan fingerprint density at radius 3 is 2.81 bits per heavy atom. The van der Waals surface area contributed by atoms with Crippen molar-refractivity contribution in [3.05, 3.63) is 59.3 Å². The fraction of sp³-hybridized carbons (Fsp3) is 0.318. The highest BCUT2D eigenvalue weighted by atomic mass is 16.5. The normalized spacial score (nSPS) is 13.7. The number of methoxy groups -OCH3 is 1. The fourth-order valence-electron chi connectivity index (χ4n) is 4.06. The van der Waals surface area contributed by atoms with Crippen molar-refractivity contribution >= 4 is 22.4 Å². The van der Waals surface area contributed by atoms with Gasteiger partial charge in [0.2, 0.25) is 0 Å².